The molecule has 0 radical (unpaired) electrons. The Hall–Kier alpha value is -1.55. The highest BCUT2D eigenvalue weighted by Gasteiger charge is 2.09. The van der Waals surface area contributed by atoms with Crippen molar-refractivity contribution in [3.8, 4) is 0 Å². The topological polar surface area (TPSA) is 70.6 Å². The van der Waals surface area contributed by atoms with Crippen LogP contribution in [0.25, 0.3) is 0 Å². The van der Waals surface area contributed by atoms with Crippen LogP contribution in [0.15, 0.2) is 35.3 Å². The SMILES string of the molecule is CCCCCCCCNC(N)=NCC(CO)c1ccccc1. The summed E-state index contributed by atoms with van der Waals surface area (Å²) in [6.45, 7) is 3.69. The van der Waals surface area contributed by atoms with Crippen LogP contribution in [0, 0.1) is 0 Å². The normalized spacial score (nSPS) is 13.1. The van der Waals surface area contributed by atoms with Crippen molar-refractivity contribution in [2.75, 3.05) is 19.7 Å². The second-order valence-electron chi connectivity index (χ2n) is 5.71. The van der Waals surface area contributed by atoms with Crippen LogP contribution in [-0.4, -0.2) is 30.8 Å². The lowest BCUT2D eigenvalue weighted by Gasteiger charge is -2.12. The van der Waals surface area contributed by atoms with Gasteiger partial charge in [0.25, 0.3) is 0 Å². The molecule has 4 N–H and O–H groups in total. The predicted molar refractivity (Wildman–Crippen MR) is 94.1 cm³/mol. The summed E-state index contributed by atoms with van der Waals surface area (Å²) in [5, 5.41) is 12.6. The summed E-state index contributed by atoms with van der Waals surface area (Å²) in [5.74, 6) is 0.485. The number of nitrogens with zero attached hydrogens (tertiary/aromatic N) is 1. The number of aliphatic imine (C=N–C) groups is 1. The smallest absolute Gasteiger partial charge is 0.188 e. The molecule has 4 nitrogen and oxygen atoms in total. The maximum atomic E-state index is 9.48. The number of aliphatic hydroxyl groups excluding tert-OH is 1. The van der Waals surface area contributed by atoms with Crippen LogP contribution in [0.5, 0.6) is 0 Å². The number of aliphatic hydroxyl groups is 1. The highest BCUT2D eigenvalue weighted by atomic mass is 16.3. The van der Waals surface area contributed by atoms with Crippen molar-refractivity contribution < 1.29 is 5.11 Å². The molecule has 0 aromatic heterocycles. The Labute approximate surface area is 134 Å². The van der Waals surface area contributed by atoms with Crippen molar-refractivity contribution in [2.45, 2.75) is 51.4 Å². The van der Waals surface area contributed by atoms with Crippen molar-refractivity contribution in [3.63, 3.8) is 0 Å². The number of rotatable bonds is 11. The average molecular weight is 305 g/mol. The van der Waals surface area contributed by atoms with Crippen LogP contribution in [-0.2, 0) is 0 Å². The van der Waals surface area contributed by atoms with E-state index < -0.39 is 0 Å². The van der Waals surface area contributed by atoms with E-state index in [9.17, 15) is 5.11 Å². The van der Waals surface area contributed by atoms with Gasteiger partial charge in [0, 0.05) is 12.5 Å². The molecule has 0 spiro atoms. The lowest BCUT2D eigenvalue weighted by atomic mass is 10.0. The number of hydrogen-bond acceptors (Lipinski definition) is 2. The van der Waals surface area contributed by atoms with E-state index in [2.05, 4.69) is 17.2 Å². The summed E-state index contributed by atoms with van der Waals surface area (Å²) in [5.41, 5.74) is 6.97. The lowest BCUT2D eigenvalue weighted by molar-refractivity contribution is 0.268. The van der Waals surface area contributed by atoms with Crippen molar-refractivity contribution in [2.24, 2.45) is 10.7 Å². The molecule has 0 aliphatic heterocycles. The summed E-state index contributed by atoms with van der Waals surface area (Å²) in [6.07, 6.45) is 7.61. The molecule has 0 saturated heterocycles. The molecule has 0 aliphatic rings. The third kappa shape index (κ3) is 8.03. The number of hydrogen-bond donors (Lipinski definition) is 3. The molecule has 0 amide bonds. The van der Waals surface area contributed by atoms with Gasteiger partial charge in [-0.05, 0) is 12.0 Å². The van der Waals surface area contributed by atoms with Crippen LogP contribution >= 0.6 is 0 Å². The van der Waals surface area contributed by atoms with Gasteiger partial charge in [0.05, 0.1) is 13.2 Å². The lowest BCUT2D eigenvalue weighted by Crippen LogP contribution is -2.33. The maximum Gasteiger partial charge on any atom is 0.188 e. The van der Waals surface area contributed by atoms with E-state index in [1.54, 1.807) is 0 Å². The highest BCUT2D eigenvalue weighted by Crippen LogP contribution is 2.14. The van der Waals surface area contributed by atoms with Gasteiger partial charge in [0.2, 0.25) is 0 Å². The fourth-order valence-corrected chi connectivity index (χ4v) is 2.38. The highest BCUT2D eigenvalue weighted by molar-refractivity contribution is 5.77. The Morgan fingerprint density at radius 1 is 1.14 bits per heavy atom. The van der Waals surface area contributed by atoms with Gasteiger partial charge in [0.15, 0.2) is 5.96 Å². The molecule has 0 bridgehead atoms. The number of guanidine groups is 1. The molecular weight excluding hydrogens is 274 g/mol. The molecule has 0 fully saturated rings. The summed E-state index contributed by atoms with van der Waals surface area (Å²) >= 11 is 0. The minimum absolute atomic E-state index is 0.00981. The zero-order valence-electron chi connectivity index (χ0n) is 13.8. The molecule has 1 aromatic carbocycles. The van der Waals surface area contributed by atoms with Crippen LogP contribution < -0.4 is 11.1 Å². The van der Waals surface area contributed by atoms with Crippen molar-refractivity contribution >= 4 is 5.96 Å². The molecule has 1 rings (SSSR count). The molecule has 1 aromatic rings. The molecule has 22 heavy (non-hydrogen) atoms. The molecule has 1 unspecified atom stereocenters. The zero-order chi connectivity index (χ0) is 16.0. The quantitative estimate of drug-likeness (QED) is 0.334. The summed E-state index contributed by atoms with van der Waals surface area (Å²) < 4.78 is 0. The first-order chi connectivity index (χ1) is 10.8. The van der Waals surface area contributed by atoms with E-state index in [1.807, 2.05) is 30.3 Å². The van der Waals surface area contributed by atoms with Crippen LogP contribution in [0.1, 0.15) is 56.9 Å². The zero-order valence-corrected chi connectivity index (χ0v) is 13.8. The summed E-state index contributed by atoms with van der Waals surface area (Å²) in [6, 6.07) is 9.94. The minimum Gasteiger partial charge on any atom is -0.396 e. The van der Waals surface area contributed by atoms with Crippen molar-refractivity contribution in [1.82, 2.24) is 5.32 Å². The van der Waals surface area contributed by atoms with Gasteiger partial charge in [-0.1, -0.05) is 69.4 Å². The van der Waals surface area contributed by atoms with E-state index in [4.69, 9.17) is 5.73 Å². The monoisotopic (exact) mass is 305 g/mol. The largest absolute Gasteiger partial charge is 0.396 e. The fraction of sp³-hybridized carbons (Fsp3) is 0.611. The van der Waals surface area contributed by atoms with E-state index >= 15 is 0 Å². The van der Waals surface area contributed by atoms with Gasteiger partial charge in [-0.25, -0.2) is 0 Å². The van der Waals surface area contributed by atoms with Crippen LogP contribution in [0.3, 0.4) is 0 Å². The van der Waals surface area contributed by atoms with Crippen molar-refractivity contribution in [3.05, 3.63) is 35.9 Å². The maximum absolute atomic E-state index is 9.48. The third-order valence-electron chi connectivity index (χ3n) is 3.81. The second kappa shape index (κ2) is 12.0. The first-order valence-electron chi connectivity index (χ1n) is 8.47. The second-order valence-corrected chi connectivity index (χ2v) is 5.71. The molecule has 0 heterocycles. The molecule has 0 aliphatic carbocycles. The van der Waals surface area contributed by atoms with Gasteiger partial charge in [0.1, 0.15) is 0 Å². The Balaban J connectivity index is 2.21. The average Bonchev–Trinajstić information content (AvgIpc) is 2.55. The first-order valence-corrected chi connectivity index (χ1v) is 8.47. The van der Waals surface area contributed by atoms with Crippen LogP contribution in [0.2, 0.25) is 0 Å². The summed E-state index contributed by atoms with van der Waals surface area (Å²) in [4.78, 5) is 4.34. The molecule has 0 saturated carbocycles. The molecule has 124 valence electrons. The Bertz CT molecular complexity index is 406. The first kappa shape index (κ1) is 18.5. The van der Waals surface area contributed by atoms with Gasteiger partial charge in [-0.2, -0.15) is 0 Å². The van der Waals surface area contributed by atoms with Crippen molar-refractivity contribution in [1.29, 1.82) is 0 Å². The minimum atomic E-state index is 0.00981. The fourth-order valence-electron chi connectivity index (χ4n) is 2.38. The molecule has 1 atom stereocenters. The Kier molecular flexibility index (Phi) is 10.1. The van der Waals surface area contributed by atoms with Gasteiger partial charge < -0.3 is 16.2 Å². The van der Waals surface area contributed by atoms with E-state index in [0.29, 0.717) is 12.5 Å². The van der Waals surface area contributed by atoms with E-state index in [0.717, 1.165) is 18.5 Å². The van der Waals surface area contributed by atoms with Gasteiger partial charge in [-0.3, -0.25) is 4.99 Å². The molecular formula is C18H31N3O. The number of nitrogens with one attached hydrogen (secondary N) is 1. The van der Waals surface area contributed by atoms with E-state index in [-0.39, 0.29) is 12.5 Å². The van der Waals surface area contributed by atoms with Gasteiger partial charge >= 0.3 is 0 Å². The molecule has 4 heteroatoms. The predicted octanol–water partition coefficient (Wildman–Crippen LogP) is 3.03. The summed E-state index contributed by atoms with van der Waals surface area (Å²) in [7, 11) is 0. The van der Waals surface area contributed by atoms with Gasteiger partial charge in [-0.15, -0.1) is 0 Å². The van der Waals surface area contributed by atoms with Crippen LogP contribution in [0.4, 0.5) is 0 Å². The van der Waals surface area contributed by atoms with E-state index in [1.165, 1.54) is 32.1 Å². The Morgan fingerprint density at radius 3 is 2.50 bits per heavy atom. The Morgan fingerprint density at radius 2 is 1.82 bits per heavy atom. The number of unbranched alkanes of at least 4 members (excludes halogenated alkanes) is 5. The number of nitrogens with two attached hydrogens (primary N) is 1. The number of benzene rings is 1. The standard InChI is InChI=1S/C18H31N3O/c1-2-3-4-5-6-10-13-20-18(19)21-14-17(15-22)16-11-8-7-9-12-16/h7-9,11-12,17,22H,2-6,10,13-15H2,1H3,(H3,19,20,21). The third-order valence-corrected chi connectivity index (χ3v) is 3.81.